The van der Waals surface area contributed by atoms with Crippen LogP contribution in [0.5, 0.6) is 0 Å². The number of rotatable bonds is 0. The van der Waals surface area contributed by atoms with Gasteiger partial charge in [0.15, 0.2) is 0 Å². The monoisotopic (exact) mass is 167 g/mol. The van der Waals surface area contributed by atoms with Crippen LogP contribution in [0.1, 0.15) is 0 Å². The lowest BCUT2D eigenvalue weighted by Crippen LogP contribution is -2.24. The molecule has 0 aromatic heterocycles. The van der Waals surface area contributed by atoms with E-state index in [1.165, 1.54) is 0 Å². The van der Waals surface area contributed by atoms with E-state index in [-0.39, 0.29) is 24.6 Å². The first kappa shape index (κ1) is 36.3. The number of quaternary nitrogens is 4. The second kappa shape index (κ2) is 10.8. The lowest BCUT2D eigenvalue weighted by molar-refractivity contribution is -0.432. The van der Waals surface area contributed by atoms with Crippen LogP contribution in [-0.4, -0.2) is 0 Å². The number of hydrogen-bond acceptors (Lipinski definition) is 4. The Balaban J connectivity index is -0.0000000133. The molecule has 8 nitrogen and oxygen atoms in total. The van der Waals surface area contributed by atoms with E-state index < -0.39 is 7.82 Å². The molecule has 0 amide bonds. The van der Waals surface area contributed by atoms with E-state index in [2.05, 4.69) is 0 Å². The highest BCUT2D eigenvalue weighted by Crippen LogP contribution is 2.03. The molecule has 9 heavy (non-hydrogen) atoms. The van der Waals surface area contributed by atoms with Crippen molar-refractivity contribution < 1.29 is 19.2 Å². The second-order valence-electron chi connectivity index (χ2n) is 0.447. The number of hydrogen-bond donors (Lipinski definition) is 4. The first-order valence-electron chi connectivity index (χ1n) is 0.730. The Morgan fingerprint density at radius 1 is 0.778 bits per heavy atom. The molecule has 0 bridgehead atoms. The summed E-state index contributed by atoms with van der Waals surface area (Å²) in [5, 5.41) is 0. The summed E-state index contributed by atoms with van der Waals surface area (Å²) in [6, 6.07) is 0. The smallest absolute Gasteiger partial charge is 0.159 e. The van der Waals surface area contributed by atoms with Crippen molar-refractivity contribution in [2.75, 3.05) is 0 Å². The van der Waals surface area contributed by atoms with Crippen molar-refractivity contribution >= 4 is 7.82 Å². The maximum absolute atomic E-state index is 8.55. The molecule has 16 N–H and O–H groups in total. The molecule has 0 aliphatic carbocycles. The van der Waals surface area contributed by atoms with Crippen LogP contribution in [0.3, 0.4) is 0 Å². The Morgan fingerprint density at radius 2 is 0.778 bits per heavy atom. The average Bonchev–Trinajstić information content (AvgIpc) is 0.722. The topological polar surface area (TPSA) is 232 Å². The summed E-state index contributed by atoms with van der Waals surface area (Å²) in [5.41, 5.74) is 0. The van der Waals surface area contributed by atoms with Gasteiger partial charge in [-0.2, -0.15) is 7.82 Å². The zero-order valence-electron chi connectivity index (χ0n) is 6.08. The lowest BCUT2D eigenvalue weighted by Gasteiger charge is -2.36. The van der Waals surface area contributed by atoms with Crippen LogP contribution in [0.2, 0.25) is 0 Å². The SMILES string of the molecule is O=P([O-])([O-])[O-].[NH4+].[NH4+].[NH4+].[NH4+]. The fourth-order valence-electron chi connectivity index (χ4n) is 0. The largest absolute Gasteiger partial charge is 0.822 e. The maximum Gasteiger partial charge on any atom is -0.159 e. The highest BCUT2D eigenvalue weighted by molar-refractivity contribution is 7.40. The van der Waals surface area contributed by atoms with Gasteiger partial charge in [0.1, 0.15) is 0 Å². The van der Waals surface area contributed by atoms with Crippen molar-refractivity contribution in [2.45, 2.75) is 0 Å². The summed E-state index contributed by atoms with van der Waals surface area (Å²) in [5.74, 6) is 0. The van der Waals surface area contributed by atoms with Gasteiger partial charge in [-0.1, -0.05) is 0 Å². The van der Waals surface area contributed by atoms with E-state index in [4.69, 9.17) is 19.2 Å². The van der Waals surface area contributed by atoms with Crippen LogP contribution >= 0.6 is 7.82 Å². The van der Waals surface area contributed by atoms with Crippen LogP contribution in [0.15, 0.2) is 0 Å². The van der Waals surface area contributed by atoms with E-state index in [0.717, 1.165) is 0 Å². The van der Waals surface area contributed by atoms with Gasteiger partial charge in [0.25, 0.3) is 0 Å². The molecule has 0 aliphatic rings. The molecule has 0 radical (unpaired) electrons. The quantitative estimate of drug-likeness (QED) is 0.321. The Labute approximate surface area is 52.8 Å². The molecule has 0 aromatic rings. The Morgan fingerprint density at radius 3 is 0.778 bits per heavy atom. The summed E-state index contributed by atoms with van der Waals surface area (Å²) in [6.45, 7) is 0. The van der Waals surface area contributed by atoms with E-state index >= 15 is 0 Å². The standard InChI is InChI=1S/4H3N.H3O4P/c;;;;1-5(2,3)4/h4*1H3;(H3,1,2,3,4)/p+1. The summed E-state index contributed by atoms with van der Waals surface area (Å²) in [7, 11) is -5.39. The van der Waals surface area contributed by atoms with Gasteiger partial charge in [-0.15, -0.1) is 0 Å². The van der Waals surface area contributed by atoms with Crippen molar-refractivity contribution in [3.05, 3.63) is 0 Å². The zero-order chi connectivity index (χ0) is 4.50. The van der Waals surface area contributed by atoms with Crippen molar-refractivity contribution in [1.82, 2.24) is 24.6 Å². The minimum absolute atomic E-state index is 0. The van der Waals surface area contributed by atoms with Crippen LogP contribution in [-0.2, 0) is 4.57 Å². The highest BCUT2D eigenvalue weighted by atomic mass is 31.2. The first-order valence-corrected chi connectivity index (χ1v) is 2.19. The highest BCUT2D eigenvalue weighted by Gasteiger charge is 1.44. The van der Waals surface area contributed by atoms with Gasteiger partial charge in [-0.05, 0) is 0 Å². The van der Waals surface area contributed by atoms with E-state index in [1.54, 1.807) is 0 Å². The van der Waals surface area contributed by atoms with Crippen molar-refractivity contribution in [2.24, 2.45) is 0 Å². The van der Waals surface area contributed by atoms with Crippen molar-refractivity contribution in [3.63, 3.8) is 0 Å². The third-order valence-electron chi connectivity index (χ3n) is 0. The molecule has 0 aromatic carbocycles. The second-order valence-corrected chi connectivity index (χ2v) is 1.34. The van der Waals surface area contributed by atoms with Gasteiger partial charge in [-0.25, -0.2) is 0 Å². The van der Waals surface area contributed by atoms with Crippen LogP contribution in [0.4, 0.5) is 0 Å². The van der Waals surface area contributed by atoms with Crippen LogP contribution in [0.25, 0.3) is 0 Å². The minimum Gasteiger partial charge on any atom is -0.822 e. The average molecular weight is 167 g/mol. The third-order valence-corrected chi connectivity index (χ3v) is 0. The normalized spacial score (nSPS) is 6.56. The van der Waals surface area contributed by atoms with Gasteiger partial charge < -0.3 is 43.8 Å². The maximum atomic E-state index is 8.55. The van der Waals surface area contributed by atoms with E-state index in [1.807, 2.05) is 0 Å². The lowest BCUT2D eigenvalue weighted by atomic mass is 14.0. The van der Waals surface area contributed by atoms with Gasteiger partial charge in [0.2, 0.25) is 0 Å². The molecule has 64 valence electrons. The Bertz CT molecular complexity index is 58.7. The Kier molecular flexibility index (Phi) is 43.7. The fourth-order valence-corrected chi connectivity index (χ4v) is 0. The summed E-state index contributed by atoms with van der Waals surface area (Å²) in [4.78, 5) is 25.6. The van der Waals surface area contributed by atoms with Crippen molar-refractivity contribution in [3.8, 4) is 0 Å². The molecule has 0 saturated heterocycles. The molecule has 0 fully saturated rings. The molecule has 9 heteroatoms. The zero-order valence-corrected chi connectivity index (χ0v) is 6.97. The van der Waals surface area contributed by atoms with E-state index in [9.17, 15) is 0 Å². The third kappa shape index (κ3) is 113000. The van der Waals surface area contributed by atoms with Crippen LogP contribution < -0.4 is 39.3 Å². The molecule has 0 spiro atoms. The van der Waals surface area contributed by atoms with Crippen LogP contribution in [0, 0.1) is 0 Å². The molecular formula is H16N4O4P+. The van der Waals surface area contributed by atoms with Crippen molar-refractivity contribution in [1.29, 1.82) is 0 Å². The molecule has 0 aliphatic heterocycles. The minimum atomic E-state index is -5.39. The predicted molar refractivity (Wildman–Crippen MR) is 31.5 cm³/mol. The summed E-state index contributed by atoms with van der Waals surface area (Å²) in [6.07, 6.45) is 0. The predicted octanol–water partition coefficient (Wildman–Crippen LogP) is -1.32. The molecule has 0 unspecified atom stereocenters. The van der Waals surface area contributed by atoms with E-state index in [0.29, 0.717) is 0 Å². The molecular weight excluding hydrogens is 151 g/mol. The molecule has 0 heterocycles. The first-order chi connectivity index (χ1) is 2.00. The van der Waals surface area contributed by atoms with Gasteiger partial charge in [0, 0.05) is 0 Å². The number of phosphoric acid groups is 1. The Hall–Kier alpha value is -0.0500. The van der Waals surface area contributed by atoms with Gasteiger partial charge >= 0.3 is 0 Å². The fraction of sp³-hybridized carbons (Fsp3) is 0. The molecule has 0 saturated carbocycles. The van der Waals surface area contributed by atoms with Gasteiger partial charge in [0.05, 0.1) is 0 Å². The summed E-state index contributed by atoms with van der Waals surface area (Å²) < 4.78 is 8.55. The molecule has 0 atom stereocenters. The molecule has 0 rings (SSSR count). The summed E-state index contributed by atoms with van der Waals surface area (Å²) >= 11 is 0. The van der Waals surface area contributed by atoms with Gasteiger partial charge in [-0.3, -0.25) is 0 Å².